The van der Waals surface area contributed by atoms with Crippen LogP contribution in [0.25, 0.3) is 0 Å². The van der Waals surface area contributed by atoms with Gasteiger partial charge in [0, 0.05) is 39.3 Å². The molecule has 3 aliphatic rings. The molecule has 0 aliphatic carbocycles. The molecule has 2 bridgehead atoms. The molecule has 6 heteroatoms. The smallest absolute Gasteiger partial charge is 0.112 e. The van der Waals surface area contributed by atoms with E-state index in [1.165, 1.54) is 0 Å². The molecular weight excluding hydrogens is 180 g/mol. The van der Waals surface area contributed by atoms with Gasteiger partial charge in [-0.2, -0.15) is 0 Å². The lowest BCUT2D eigenvalue weighted by Gasteiger charge is -2.30. The number of rotatable bonds is 0. The summed E-state index contributed by atoms with van der Waals surface area (Å²) in [5.74, 6) is 0. The molecule has 0 atom stereocenters. The summed E-state index contributed by atoms with van der Waals surface area (Å²) in [7, 11) is 0. The Kier molecular flexibility index (Phi) is 4.11. The van der Waals surface area contributed by atoms with Gasteiger partial charge in [-0.05, 0) is 0 Å². The lowest BCUT2D eigenvalue weighted by atomic mass is 10.4. The summed E-state index contributed by atoms with van der Waals surface area (Å²) in [4.78, 5) is 0. The van der Waals surface area contributed by atoms with Gasteiger partial charge >= 0.3 is 0 Å². The average molecular weight is 200 g/mol. The molecule has 14 heavy (non-hydrogen) atoms. The van der Waals surface area contributed by atoms with E-state index in [2.05, 4.69) is 31.9 Å². The van der Waals surface area contributed by atoms with Crippen molar-refractivity contribution in [3.63, 3.8) is 0 Å². The summed E-state index contributed by atoms with van der Waals surface area (Å²) in [6, 6.07) is 0. The highest BCUT2D eigenvalue weighted by atomic mass is 15.3. The standard InChI is InChI=1S/C8H20N6/c1-2-10-8-13-5-3-11-7(9-1)12-4-6-14-8/h7-14H,1-6H2. The lowest BCUT2D eigenvalue weighted by molar-refractivity contribution is 0.276. The van der Waals surface area contributed by atoms with Crippen LogP contribution in [-0.4, -0.2) is 51.8 Å². The van der Waals surface area contributed by atoms with E-state index in [0.29, 0.717) is 0 Å². The van der Waals surface area contributed by atoms with Crippen LogP contribution in [0.1, 0.15) is 0 Å². The van der Waals surface area contributed by atoms with E-state index < -0.39 is 0 Å². The molecule has 0 unspecified atom stereocenters. The van der Waals surface area contributed by atoms with Crippen molar-refractivity contribution in [3.8, 4) is 0 Å². The van der Waals surface area contributed by atoms with Crippen LogP contribution in [0.2, 0.25) is 0 Å². The summed E-state index contributed by atoms with van der Waals surface area (Å²) in [5, 5.41) is 20.4. The van der Waals surface area contributed by atoms with E-state index in [1.807, 2.05) is 0 Å². The number of fused-ring (bicyclic) bond motifs is 9. The Morgan fingerprint density at radius 2 is 0.643 bits per heavy atom. The molecule has 0 aromatic rings. The minimum Gasteiger partial charge on any atom is -0.288 e. The molecule has 3 heterocycles. The molecule has 3 saturated heterocycles. The van der Waals surface area contributed by atoms with Crippen LogP contribution in [0.4, 0.5) is 0 Å². The second-order valence-corrected chi connectivity index (χ2v) is 3.59. The SMILES string of the molecule is C1CNC2NCCNC(N1)NCCN2. The zero-order valence-corrected chi connectivity index (χ0v) is 8.40. The lowest BCUT2D eigenvalue weighted by Crippen LogP contribution is -2.64. The molecule has 6 nitrogen and oxygen atoms in total. The van der Waals surface area contributed by atoms with Gasteiger partial charge in [-0.15, -0.1) is 0 Å². The Balaban J connectivity index is 1.93. The van der Waals surface area contributed by atoms with Crippen LogP contribution in [0.15, 0.2) is 0 Å². The first-order chi connectivity index (χ1) is 6.95. The quantitative estimate of drug-likeness (QED) is 0.252. The second-order valence-electron chi connectivity index (χ2n) is 3.59. The summed E-state index contributed by atoms with van der Waals surface area (Å²) < 4.78 is 0. The van der Waals surface area contributed by atoms with E-state index in [9.17, 15) is 0 Å². The third kappa shape index (κ3) is 3.16. The Morgan fingerprint density at radius 1 is 0.429 bits per heavy atom. The van der Waals surface area contributed by atoms with Crippen LogP contribution >= 0.6 is 0 Å². The predicted octanol–water partition coefficient (Wildman–Crippen LogP) is -2.88. The molecule has 0 aromatic carbocycles. The molecule has 0 amide bonds. The van der Waals surface area contributed by atoms with Gasteiger partial charge in [0.25, 0.3) is 0 Å². The Morgan fingerprint density at radius 3 is 0.857 bits per heavy atom. The molecule has 0 spiro atoms. The third-order valence-electron chi connectivity index (χ3n) is 2.47. The molecule has 0 radical (unpaired) electrons. The van der Waals surface area contributed by atoms with Crippen LogP contribution in [-0.2, 0) is 0 Å². The first-order valence-corrected chi connectivity index (χ1v) is 5.35. The van der Waals surface area contributed by atoms with Crippen LogP contribution in [0.5, 0.6) is 0 Å². The first kappa shape index (κ1) is 10.3. The van der Waals surface area contributed by atoms with Gasteiger partial charge in [0.05, 0.1) is 0 Å². The fourth-order valence-electron chi connectivity index (χ4n) is 1.73. The largest absolute Gasteiger partial charge is 0.288 e. The highest BCUT2D eigenvalue weighted by Crippen LogP contribution is 1.80. The van der Waals surface area contributed by atoms with Crippen molar-refractivity contribution in [1.82, 2.24) is 31.9 Å². The zero-order chi connectivity index (χ0) is 9.64. The van der Waals surface area contributed by atoms with Crippen molar-refractivity contribution in [2.45, 2.75) is 12.6 Å². The molecule has 0 aromatic heterocycles. The van der Waals surface area contributed by atoms with Crippen molar-refractivity contribution in [2.24, 2.45) is 0 Å². The normalized spacial score (nSPS) is 36.0. The summed E-state index contributed by atoms with van der Waals surface area (Å²) in [5.41, 5.74) is 0. The first-order valence-electron chi connectivity index (χ1n) is 5.35. The molecular formula is C8H20N6. The summed E-state index contributed by atoms with van der Waals surface area (Å²) in [6.07, 6.45) is 0.463. The maximum absolute atomic E-state index is 3.40. The Labute approximate surface area is 84.6 Å². The van der Waals surface area contributed by atoms with Crippen molar-refractivity contribution >= 4 is 0 Å². The number of nitrogens with one attached hydrogen (secondary N) is 6. The van der Waals surface area contributed by atoms with Crippen molar-refractivity contribution in [1.29, 1.82) is 0 Å². The maximum atomic E-state index is 3.40. The highest BCUT2D eigenvalue weighted by Gasteiger charge is 2.13. The third-order valence-corrected chi connectivity index (χ3v) is 2.47. The topological polar surface area (TPSA) is 72.2 Å². The fourth-order valence-corrected chi connectivity index (χ4v) is 1.73. The second kappa shape index (κ2) is 5.59. The van der Waals surface area contributed by atoms with E-state index in [4.69, 9.17) is 0 Å². The van der Waals surface area contributed by atoms with Crippen LogP contribution in [0, 0.1) is 0 Å². The van der Waals surface area contributed by atoms with Gasteiger partial charge in [-0.3, -0.25) is 31.9 Å². The van der Waals surface area contributed by atoms with Crippen molar-refractivity contribution in [2.75, 3.05) is 39.3 Å². The Bertz CT molecular complexity index is 117. The molecule has 3 rings (SSSR count). The predicted molar refractivity (Wildman–Crippen MR) is 55.6 cm³/mol. The van der Waals surface area contributed by atoms with Gasteiger partial charge in [0.2, 0.25) is 0 Å². The number of hydrogen-bond acceptors (Lipinski definition) is 6. The molecule has 3 fully saturated rings. The monoisotopic (exact) mass is 200 g/mol. The van der Waals surface area contributed by atoms with E-state index >= 15 is 0 Å². The molecule has 3 aliphatic heterocycles. The minimum absolute atomic E-state index is 0.232. The van der Waals surface area contributed by atoms with Gasteiger partial charge in [-0.25, -0.2) is 0 Å². The highest BCUT2D eigenvalue weighted by molar-refractivity contribution is 4.73. The van der Waals surface area contributed by atoms with E-state index in [0.717, 1.165) is 39.3 Å². The summed E-state index contributed by atoms with van der Waals surface area (Å²) in [6.45, 7) is 5.78. The summed E-state index contributed by atoms with van der Waals surface area (Å²) >= 11 is 0. The Hall–Kier alpha value is -0.240. The van der Waals surface area contributed by atoms with Gasteiger partial charge in [0.15, 0.2) is 0 Å². The van der Waals surface area contributed by atoms with Gasteiger partial charge in [-0.1, -0.05) is 0 Å². The number of hydrogen-bond donors (Lipinski definition) is 6. The fraction of sp³-hybridized carbons (Fsp3) is 1.00. The van der Waals surface area contributed by atoms with Gasteiger partial charge in [0.1, 0.15) is 12.6 Å². The molecule has 0 saturated carbocycles. The average Bonchev–Trinajstić information content (AvgIpc) is 2.25. The van der Waals surface area contributed by atoms with Crippen molar-refractivity contribution < 1.29 is 0 Å². The van der Waals surface area contributed by atoms with Crippen molar-refractivity contribution in [3.05, 3.63) is 0 Å². The zero-order valence-electron chi connectivity index (χ0n) is 8.40. The van der Waals surface area contributed by atoms with Crippen LogP contribution in [0.3, 0.4) is 0 Å². The molecule has 82 valence electrons. The van der Waals surface area contributed by atoms with E-state index in [-0.39, 0.29) is 12.6 Å². The maximum Gasteiger partial charge on any atom is 0.112 e. The minimum atomic E-state index is 0.232. The molecule has 6 N–H and O–H groups in total. The van der Waals surface area contributed by atoms with Crippen LogP contribution < -0.4 is 31.9 Å². The van der Waals surface area contributed by atoms with Gasteiger partial charge < -0.3 is 0 Å². The van der Waals surface area contributed by atoms with E-state index in [1.54, 1.807) is 0 Å².